The number of benzene rings is 1. The van der Waals surface area contributed by atoms with Crippen LogP contribution in [0, 0.1) is 11.3 Å². The molecule has 0 bridgehead atoms. The van der Waals surface area contributed by atoms with Crippen LogP contribution in [-0.4, -0.2) is 6.54 Å². The lowest BCUT2D eigenvalue weighted by atomic mass is 9.82. The Morgan fingerprint density at radius 1 is 1.28 bits per heavy atom. The summed E-state index contributed by atoms with van der Waals surface area (Å²) < 4.78 is 25.7. The number of nitrogens with two attached hydrogens (primary N) is 1. The Bertz CT molecular complexity index is 397. The van der Waals surface area contributed by atoms with Gasteiger partial charge >= 0.3 is 0 Å². The van der Waals surface area contributed by atoms with E-state index in [0.29, 0.717) is 23.8 Å². The quantitative estimate of drug-likeness (QED) is 0.788. The maximum absolute atomic E-state index is 12.9. The normalized spacial score (nSPS) is 13.7. The zero-order valence-corrected chi connectivity index (χ0v) is 11.4. The predicted octanol–water partition coefficient (Wildman–Crippen LogP) is 4.30. The van der Waals surface area contributed by atoms with Crippen molar-refractivity contribution in [2.24, 2.45) is 11.3 Å². The molecule has 3 N–H and O–H groups in total. The van der Waals surface area contributed by atoms with E-state index in [4.69, 9.17) is 5.73 Å². The molecule has 0 radical (unpaired) electrons. The van der Waals surface area contributed by atoms with Gasteiger partial charge in [-0.15, -0.1) is 0 Å². The van der Waals surface area contributed by atoms with Crippen LogP contribution >= 0.6 is 0 Å². The van der Waals surface area contributed by atoms with Crippen LogP contribution in [0.5, 0.6) is 0 Å². The number of nitrogen functional groups attached to an aromatic ring is 1. The molecule has 0 heterocycles. The number of alkyl halides is 2. The summed E-state index contributed by atoms with van der Waals surface area (Å²) in [5.41, 5.74) is 6.47. The Morgan fingerprint density at radius 3 is 2.39 bits per heavy atom. The van der Waals surface area contributed by atoms with E-state index in [1.54, 1.807) is 12.1 Å². The van der Waals surface area contributed by atoms with E-state index in [1.807, 2.05) is 0 Å². The summed E-state index contributed by atoms with van der Waals surface area (Å²) in [7, 11) is 0. The molecule has 0 aliphatic carbocycles. The fraction of sp³-hybridized carbons (Fsp3) is 0.571. The van der Waals surface area contributed by atoms with Crippen molar-refractivity contribution in [3.8, 4) is 0 Å². The van der Waals surface area contributed by atoms with Gasteiger partial charge in [0.2, 0.25) is 0 Å². The van der Waals surface area contributed by atoms with Gasteiger partial charge in [-0.25, -0.2) is 8.78 Å². The molecule has 1 aromatic rings. The van der Waals surface area contributed by atoms with E-state index in [2.05, 4.69) is 33.0 Å². The number of hydrogen-bond donors (Lipinski definition) is 2. The maximum atomic E-state index is 12.9. The molecular formula is C14H22F2N2. The van der Waals surface area contributed by atoms with Gasteiger partial charge in [-0.2, -0.15) is 0 Å². The minimum atomic E-state index is -2.51. The monoisotopic (exact) mass is 256 g/mol. The Hall–Kier alpha value is -1.32. The Labute approximate surface area is 108 Å². The van der Waals surface area contributed by atoms with E-state index < -0.39 is 6.43 Å². The minimum Gasteiger partial charge on any atom is -0.399 e. The highest BCUT2D eigenvalue weighted by atomic mass is 19.3. The Balaban J connectivity index is 2.79. The van der Waals surface area contributed by atoms with Crippen molar-refractivity contribution in [2.75, 3.05) is 17.6 Å². The topological polar surface area (TPSA) is 38.0 Å². The average molecular weight is 256 g/mol. The number of halogens is 2. The van der Waals surface area contributed by atoms with Crippen molar-refractivity contribution < 1.29 is 8.78 Å². The Morgan fingerprint density at radius 2 is 1.89 bits per heavy atom. The van der Waals surface area contributed by atoms with Crippen LogP contribution < -0.4 is 11.1 Å². The van der Waals surface area contributed by atoms with Gasteiger partial charge < -0.3 is 11.1 Å². The standard InChI is InChI=1S/C14H22F2N2/c1-9(14(2,3)4)8-18-12-6-5-10(17)7-11(12)13(15)16/h5-7,9,13,18H,8,17H2,1-4H3. The molecule has 4 heteroatoms. The van der Waals surface area contributed by atoms with Crippen LogP contribution in [0.4, 0.5) is 20.2 Å². The van der Waals surface area contributed by atoms with Gasteiger partial charge in [-0.3, -0.25) is 0 Å². The highest BCUT2D eigenvalue weighted by Gasteiger charge is 2.20. The fourth-order valence-corrected chi connectivity index (χ4v) is 1.49. The van der Waals surface area contributed by atoms with Crippen LogP contribution in [-0.2, 0) is 0 Å². The largest absolute Gasteiger partial charge is 0.399 e. The fourth-order valence-electron chi connectivity index (χ4n) is 1.49. The zero-order valence-electron chi connectivity index (χ0n) is 11.4. The third-order valence-corrected chi connectivity index (χ3v) is 3.39. The zero-order chi connectivity index (χ0) is 13.9. The second kappa shape index (κ2) is 5.55. The van der Waals surface area contributed by atoms with Crippen molar-refractivity contribution in [3.05, 3.63) is 23.8 Å². The highest BCUT2D eigenvalue weighted by Crippen LogP contribution is 2.30. The van der Waals surface area contributed by atoms with E-state index >= 15 is 0 Å². The second-order valence-electron chi connectivity index (χ2n) is 5.80. The SMILES string of the molecule is CC(CNc1ccc(N)cc1C(F)F)C(C)(C)C. The summed E-state index contributed by atoms with van der Waals surface area (Å²) in [5, 5.41) is 3.09. The van der Waals surface area contributed by atoms with Crippen LogP contribution in [0.1, 0.15) is 39.7 Å². The van der Waals surface area contributed by atoms with E-state index in [1.165, 1.54) is 6.07 Å². The molecule has 1 aromatic carbocycles. The van der Waals surface area contributed by atoms with Gasteiger partial charge in [0.05, 0.1) is 0 Å². The minimum absolute atomic E-state index is 0.0314. The van der Waals surface area contributed by atoms with Crippen molar-refractivity contribution in [1.29, 1.82) is 0 Å². The third-order valence-electron chi connectivity index (χ3n) is 3.39. The molecule has 1 rings (SSSR count). The first-order valence-corrected chi connectivity index (χ1v) is 6.13. The first-order chi connectivity index (χ1) is 8.21. The number of rotatable bonds is 4. The molecule has 2 nitrogen and oxygen atoms in total. The molecule has 0 aliphatic heterocycles. The van der Waals surface area contributed by atoms with E-state index in [9.17, 15) is 8.78 Å². The number of nitrogens with one attached hydrogen (secondary N) is 1. The van der Waals surface area contributed by atoms with Crippen LogP contribution in [0.3, 0.4) is 0 Å². The summed E-state index contributed by atoms with van der Waals surface area (Å²) in [4.78, 5) is 0. The molecule has 18 heavy (non-hydrogen) atoms. The lowest BCUT2D eigenvalue weighted by molar-refractivity contribution is 0.152. The van der Waals surface area contributed by atoms with Crippen LogP contribution in [0.25, 0.3) is 0 Å². The van der Waals surface area contributed by atoms with Gasteiger partial charge in [0.1, 0.15) is 0 Å². The van der Waals surface area contributed by atoms with Gasteiger partial charge in [0.15, 0.2) is 0 Å². The second-order valence-corrected chi connectivity index (χ2v) is 5.80. The molecule has 102 valence electrons. The highest BCUT2D eigenvalue weighted by molar-refractivity contribution is 5.58. The lowest BCUT2D eigenvalue weighted by Crippen LogP contribution is -2.25. The predicted molar refractivity (Wildman–Crippen MR) is 72.9 cm³/mol. The first kappa shape index (κ1) is 14.7. The van der Waals surface area contributed by atoms with Gasteiger partial charge in [0.25, 0.3) is 6.43 Å². The van der Waals surface area contributed by atoms with Crippen molar-refractivity contribution in [1.82, 2.24) is 0 Å². The summed E-state index contributed by atoms with van der Waals surface area (Å²) in [5.74, 6) is 0.376. The van der Waals surface area contributed by atoms with E-state index in [-0.39, 0.29) is 11.0 Å². The molecule has 0 aliphatic rings. The number of anilines is 2. The van der Waals surface area contributed by atoms with Crippen LogP contribution in [0.15, 0.2) is 18.2 Å². The lowest BCUT2D eigenvalue weighted by Gasteiger charge is -2.28. The molecule has 0 saturated carbocycles. The average Bonchev–Trinajstić information content (AvgIpc) is 2.25. The molecule has 0 saturated heterocycles. The summed E-state index contributed by atoms with van der Waals surface area (Å²) in [6.45, 7) is 9.17. The first-order valence-electron chi connectivity index (χ1n) is 6.13. The van der Waals surface area contributed by atoms with Crippen molar-refractivity contribution >= 4 is 11.4 Å². The maximum Gasteiger partial charge on any atom is 0.265 e. The molecule has 0 amide bonds. The third kappa shape index (κ3) is 3.86. The van der Waals surface area contributed by atoms with E-state index in [0.717, 1.165) is 0 Å². The smallest absolute Gasteiger partial charge is 0.265 e. The molecular weight excluding hydrogens is 234 g/mol. The van der Waals surface area contributed by atoms with Gasteiger partial charge in [-0.05, 0) is 29.5 Å². The molecule has 0 aromatic heterocycles. The van der Waals surface area contributed by atoms with Crippen LogP contribution in [0.2, 0.25) is 0 Å². The summed E-state index contributed by atoms with van der Waals surface area (Å²) in [6.07, 6.45) is -2.51. The summed E-state index contributed by atoms with van der Waals surface area (Å²) in [6, 6.07) is 4.58. The van der Waals surface area contributed by atoms with Crippen molar-refractivity contribution in [3.63, 3.8) is 0 Å². The molecule has 0 fully saturated rings. The molecule has 0 spiro atoms. The van der Waals surface area contributed by atoms with Crippen molar-refractivity contribution in [2.45, 2.75) is 34.1 Å². The van der Waals surface area contributed by atoms with Gasteiger partial charge in [-0.1, -0.05) is 27.7 Å². The molecule has 1 unspecified atom stereocenters. The van der Waals surface area contributed by atoms with Gasteiger partial charge in [0, 0.05) is 23.5 Å². The summed E-state index contributed by atoms with van der Waals surface area (Å²) >= 11 is 0. The molecule has 1 atom stereocenters. The number of hydrogen-bond acceptors (Lipinski definition) is 2. The Kier molecular flexibility index (Phi) is 4.54.